The zero-order chi connectivity index (χ0) is 23.0. The van der Waals surface area contributed by atoms with Gasteiger partial charge in [0.1, 0.15) is 18.5 Å². The lowest BCUT2D eigenvalue weighted by Gasteiger charge is -2.46. The van der Waals surface area contributed by atoms with Crippen molar-refractivity contribution in [2.75, 3.05) is 0 Å². The van der Waals surface area contributed by atoms with Crippen molar-refractivity contribution in [3.05, 3.63) is 0 Å². The number of rotatable bonds is 7. The molecule has 0 aliphatic carbocycles. The minimum atomic E-state index is -2.10. The number of cyclic esters (lactones) is 1. The molecule has 1 saturated heterocycles. The first-order chi connectivity index (χ1) is 12.8. The predicted molar refractivity (Wildman–Crippen MR) is 123 cm³/mol. The highest BCUT2D eigenvalue weighted by Crippen LogP contribution is 2.42. The summed E-state index contributed by atoms with van der Waals surface area (Å²) in [6.45, 7) is 25.7. The summed E-state index contributed by atoms with van der Waals surface area (Å²) in [5.74, 6) is -0.553. The fourth-order valence-corrected chi connectivity index (χ4v) is 5.78. The van der Waals surface area contributed by atoms with Gasteiger partial charge in [-0.3, -0.25) is 4.79 Å². The maximum atomic E-state index is 12.6. The third-order valence-electron chi connectivity index (χ3n) is 7.34. The molecule has 0 amide bonds. The highest BCUT2D eigenvalue weighted by Gasteiger charge is 2.48. The van der Waals surface area contributed by atoms with Crippen molar-refractivity contribution in [3.8, 4) is 0 Å². The Morgan fingerprint density at radius 1 is 1.00 bits per heavy atom. The minimum absolute atomic E-state index is 0.00212. The molecule has 1 rings (SSSR count). The SMILES string of the molecule is C[C@@H]1[C@H](O[Si](C)(C)C(C)(C)C)[C@@H](C)C(=O)O[C@H]1C[C@H](C=O)O[Si](C)(C)C(C)(C)C. The molecule has 0 unspecified atom stereocenters. The summed E-state index contributed by atoms with van der Waals surface area (Å²) in [7, 11) is -4.15. The zero-order valence-corrected chi connectivity index (χ0v) is 22.7. The molecule has 0 bridgehead atoms. The molecular weight excluding hydrogens is 400 g/mol. The molecule has 7 heteroatoms. The van der Waals surface area contributed by atoms with Crippen LogP contribution in [0.15, 0.2) is 0 Å². The first-order valence-electron chi connectivity index (χ1n) is 10.9. The Bertz CT molecular complexity index is 589. The van der Waals surface area contributed by atoms with E-state index in [1.807, 2.05) is 6.92 Å². The van der Waals surface area contributed by atoms with Crippen LogP contribution in [0.4, 0.5) is 0 Å². The average molecular weight is 445 g/mol. The van der Waals surface area contributed by atoms with Crippen LogP contribution in [0, 0.1) is 11.8 Å². The van der Waals surface area contributed by atoms with E-state index in [1.54, 1.807) is 0 Å². The van der Waals surface area contributed by atoms with Crippen molar-refractivity contribution >= 4 is 28.9 Å². The lowest BCUT2D eigenvalue weighted by Crippen LogP contribution is -2.55. The molecule has 29 heavy (non-hydrogen) atoms. The molecule has 1 fully saturated rings. The predicted octanol–water partition coefficient (Wildman–Crippen LogP) is 5.55. The van der Waals surface area contributed by atoms with Gasteiger partial charge in [-0.15, -0.1) is 0 Å². The maximum Gasteiger partial charge on any atom is 0.311 e. The Balaban J connectivity index is 3.02. The van der Waals surface area contributed by atoms with Gasteiger partial charge in [0, 0.05) is 12.3 Å². The van der Waals surface area contributed by atoms with Gasteiger partial charge in [0.15, 0.2) is 16.6 Å². The summed E-state index contributed by atoms with van der Waals surface area (Å²) in [6.07, 6.45) is 0.0873. The first-order valence-corrected chi connectivity index (χ1v) is 16.7. The zero-order valence-electron chi connectivity index (χ0n) is 20.7. The van der Waals surface area contributed by atoms with Crippen molar-refractivity contribution in [2.24, 2.45) is 11.8 Å². The summed E-state index contributed by atoms with van der Waals surface area (Å²) in [4.78, 5) is 24.4. The van der Waals surface area contributed by atoms with Gasteiger partial charge in [-0.1, -0.05) is 48.5 Å². The number of carbonyl (C=O) groups is 2. The van der Waals surface area contributed by atoms with Crippen LogP contribution in [0.1, 0.15) is 61.8 Å². The van der Waals surface area contributed by atoms with Gasteiger partial charge in [0.25, 0.3) is 0 Å². The Kier molecular flexibility index (Phi) is 8.17. The van der Waals surface area contributed by atoms with Crippen LogP contribution < -0.4 is 0 Å². The number of aldehydes is 1. The molecule has 170 valence electrons. The fraction of sp³-hybridized carbons (Fsp3) is 0.909. The summed E-state index contributed by atoms with van der Waals surface area (Å²) in [5, 5.41) is 0.0612. The molecule has 1 heterocycles. The lowest BCUT2D eigenvalue weighted by molar-refractivity contribution is -0.178. The smallest absolute Gasteiger partial charge is 0.311 e. The number of hydrogen-bond acceptors (Lipinski definition) is 5. The summed E-state index contributed by atoms with van der Waals surface area (Å²) < 4.78 is 18.7. The number of esters is 1. The van der Waals surface area contributed by atoms with E-state index >= 15 is 0 Å². The van der Waals surface area contributed by atoms with Gasteiger partial charge in [0.2, 0.25) is 0 Å². The number of carbonyl (C=O) groups excluding carboxylic acids is 2. The second-order valence-corrected chi connectivity index (χ2v) is 21.3. The van der Waals surface area contributed by atoms with Crippen LogP contribution in [0.5, 0.6) is 0 Å². The Morgan fingerprint density at radius 2 is 1.48 bits per heavy atom. The largest absolute Gasteiger partial charge is 0.462 e. The highest BCUT2D eigenvalue weighted by atomic mass is 28.4. The van der Waals surface area contributed by atoms with Crippen LogP contribution in [0.25, 0.3) is 0 Å². The van der Waals surface area contributed by atoms with Gasteiger partial charge in [0.05, 0.1) is 12.0 Å². The standard InChI is InChI=1S/C22H44O5Si2/c1-15-18(13-17(14-23)26-28(9,10)21(3,4)5)25-20(24)16(2)19(15)27-29(11,12)22(6,7)8/h14-19H,13H2,1-12H3/t15-,16+,17+,18-,19-/m0/s1. The number of ether oxygens (including phenoxy) is 1. The van der Waals surface area contributed by atoms with Crippen molar-refractivity contribution in [1.82, 2.24) is 0 Å². The third kappa shape index (κ3) is 6.24. The minimum Gasteiger partial charge on any atom is -0.462 e. The molecular formula is C22H44O5Si2. The molecule has 0 aromatic heterocycles. The Hall–Kier alpha value is -0.506. The van der Waals surface area contributed by atoms with E-state index in [0.29, 0.717) is 6.42 Å². The monoisotopic (exact) mass is 444 g/mol. The summed E-state index contributed by atoms with van der Waals surface area (Å²) in [6, 6.07) is 0. The molecule has 5 atom stereocenters. The van der Waals surface area contributed by atoms with E-state index in [2.05, 4.69) is 74.7 Å². The van der Waals surface area contributed by atoms with Crippen molar-refractivity contribution < 1.29 is 23.2 Å². The van der Waals surface area contributed by atoms with E-state index in [-0.39, 0.29) is 40.1 Å². The summed E-state index contributed by atoms with van der Waals surface area (Å²) >= 11 is 0. The number of hydrogen-bond donors (Lipinski definition) is 0. The molecule has 5 nitrogen and oxygen atoms in total. The van der Waals surface area contributed by atoms with Gasteiger partial charge in [-0.05, 0) is 43.2 Å². The highest BCUT2D eigenvalue weighted by molar-refractivity contribution is 6.74. The molecule has 0 aromatic carbocycles. The first kappa shape index (κ1) is 26.5. The second kappa shape index (κ2) is 8.93. The van der Waals surface area contributed by atoms with E-state index in [9.17, 15) is 9.59 Å². The quantitative estimate of drug-likeness (QED) is 0.292. The van der Waals surface area contributed by atoms with Crippen LogP contribution >= 0.6 is 0 Å². The van der Waals surface area contributed by atoms with E-state index in [4.69, 9.17) is 13.6 Å². The molecule has 0 aromatic rings. The van der Waals surface area contributed by atoms with Crippen LogP contribution in [0.2, 0.25) is 36.3 Å². The van der Waals surface area contributed by atoms with E-state index in [1.165, 1.54) is 0 Å². The average Bonchev–Trinajstić information content (AvgIpc) is 2.53. The van der Waals surface area contributed by atoms with E-state index in [0.717, 1.165) is 6.29 Å². The van der Waals surface area contributed by atoms with Gasteiger partial charge in [-0.25, -0.2) is 0 Å². The van der Waals surface area contributed by atoms with Gasteiger partial charge >= 0.3 is 5.97 Å². The molecule has 1 aliphatic rings. The lowest BCUT2D eigenvalue weighted by atomic mass is 9.84. The van der Waals surface area contributed by atoms with E-state index < -0.39 is 22.7 Å². The molecule has 1 aliphatic heterocycles. The maximum absolute atomic E-state index is 12.6. The van der Waals surface area contributed by atoms with Crippen LogP contribution in [-0.4, -0.2) is 47.2 Å². The van der Waals surface area contributed by atoms with Gasteiger partial charge in [-0.2, -0.15) is 0 Å². The molecule has 0 N–H and O–H groups in total. The van der Waals surface area contributed by atoms with Crippen LogP contribution in [0.3, 0.4) is 0 Å². The van der Waals surface area contributed by atoms with Crippen molar-refractivity contribution in [2.45, 2.75) is 116 Å². The molecule has 0 saturated carbocycles. The third-order valence-corrected chi connectivity index (χ3v) is 16.3. The topological polar surface area (TPSA) is 61.8 Å². The van der Waals surface area contributed by atoms with Crippen molar-refractivity contribution in [3.63, 3.8) is 0 Å². The second-order valence-electron chi connectivity index (χ2n) is 11.8. The van der Waals surface area contributed by atoms with Crippen LogP contribution in [-0.2, 0) is 23.2 Å². The summed E-state index contributed by atoms with van der Waals surface area (Å²) in [5.41, 5.74) is 0. The molecule has 0 spiro atoms. The normalized spacial score (nSPS) is 28.1. The molecule has 0 radical (unpaired) electrons. The Morgan fingerprint density at radius 3 is 1.90 bits per heavy atom. The van der Waals surface area contributed by atoms with Crippen molar-refractivity contribution in [1.29, 1.82) is 0 Å². The fourth-order valence-electron chi connectivity index (χ4n) is 3.07. The Labute approximate surface area is 180 Å². The van der Waals surface area contributed by atoms with Gasteiger partial charge < -0.3 is 18.4 Å².